The minimum Gasteiger partial charge on any atom is -0.465 e. The van der Waals surface area contributed by atoms with Crippen LogP contribution in [-0.4, -0.2) is 56.8 Å². The number of carbonyl (C=O) groups is 1. The molecule has 0 atom stereocenters. The molecule has 0 unspecified atom stereocenters. The largest absolute Gasteiger partial charge is 0.465 e. The number of aromatic nitrogens is 3. The SMILES string of the molecule is Cc1cc(-n2c(-c3ccc(F)cc3)nc3ccc(N4CCN(C(=O)O)CC4)cc32)ccn1. The summed E-state index contributed by atoms with van der Waals surface area (Å²) in [5, 5.41) is 9.22. The van der Waals surface area contributed by atoms with Gasteiger partial charge in [0.25, 0.3) is 0 Å². The number of piperazine rings is 1. The number of hydrogen-bond donors (Lipinski definition) is 1. The van der Waals surface area contributed by atoms with Crippen LogP contribution < -0.4 is 4.90 Å². The van der Waals surface area contributed by atoms with Crippen molar-refractivity contribution in [3.63, 3.8) is 0 Å². The number of hydrogen-bond acceptors (Lipinski definition) is 4. The van der Waals surface area contributed by atoms with Gasteiger partial charge >= 0.3 is 6.09 Å². The third kappa shape index (κ3) is 3.64. The number of imidazole rings is 1. The molecule has 0 aliphatic carbocycles. The number of pyridine rings is 1. The van der Waals surface area contributed by atoms with Crippen LogP contribution in [0.3, 0.4) is 0 Å². The molecular formula is C24H22FN5O2. The molecule has 2 aromatic heterocycles. The van der Waals surface area contributed by atoms with Crippen LogP contribution in [0, 0.1) is 12.7 Å². The first kappa shape index (κ1) is 20.0. The summed E-state index contributed by atoms with van der Waals surface area (Å²) < 4.78 is 15.6. The Morgan fingerprint density at radius 2 is 1.72 bits per heavy atom. The molecule has 0 radical (unpaired) electrons. The van der Waals surface area contributed by atoms with Gasteiger partial charge in [0.05, 0.1) is 16.7 Å². The van der Waals surface area contributed by atoms with Crippen LogP contribution in [0.5, 0.6) is 0 Å². The Balaban J connectivity index is 1.62. The highest BCUT2D eigenvalue weighted by Crippen LogP contribution is 2.31. The van der Waals surface area contributed by atoms with E-state index in [0.29, 0.717) is 26.2 Å². The van der Waals surface area contributed by atoms with E-state index in [-0.39, 0.29) is 5.82 Å². The minimum absolute atomic E-state index is 0.293. The second kappa shape index (κ2) is 7.96. The molecule has 1 N–H and O–H groups in total. The van der Waals surface area contributed by atoms with Crippen LogP contribution in [-0.2, 0) is 0 Å². The van der Waals surface area contributed by atoms with Gasteiger partial charge in [-0.2, -0.15) is 0 Å². The maximum absolute atomic E-state index is 13.5. The van der Waals surface area contributed by atoms with Crippen molar-refractivity contribution < 1.29 is 14.3 Å². The van der Waals surface area contributed by atoms with E-state index in [9.17, 15) is 14.3 Å². The monoisotopic (exact) mass is 431 g/mol. The number of aryl methyl sites for hydroxylation is 1. The fraction of sp³-hybridized carbons (Fsp3) is 0.208. The van der Waals surface area contributed by atoms with Gasteiger partial charge in [-0.1, -0.05) is 0 Å². The van der Waals surface area contributed by atoms with Gasteiger partial charge in [-0.3, -0.25) is 9.55 Å². The quantitative estimate of drug-likeness (QED) is 0.523. The number of carboxylic acid groups (broad SMARTS) is 1. The Kier molecular flexibility index (Phi) is 4.97. The molecule has 1 aliphatic heterocycles. The summed E-state index contributed by atoms with van der Waals surface area (Å²) in [5.41, 5.74) is 5.39. The first-order chi connectivity index (χ1) is 15.5. The molecule has 32 heavy (non-hydrogen) atoms. The Labute approximate surface area is 184 Å². The third-order valence-corrected chi connectivity index (χ3v) is 5.79. The van der Waals surface area contributed by atoms with Crippen molar-refractivity contribution in [3.05, 3.63) is 72.3 Å². The van der Waals surface area contributed by atoms with Gasteiger partial charge in [0.2, 0.25) is 0 Å². The van der Waals surface area contributed by atoms with E-state index < -0.39 is 6.09 Å². The van der Waals surface area contributed by atoms with Crippen LogP contribution in [0.2, 0.25) is 0 Å². The number of nitrogens with zero attached hydrogens (tertiary/aromatic N) is 5. The topological polar surface area (TPSA) is 74.5 Å². The number of rotatable bonds is 3. The third-order valence-electron chi connectivity index (χ3n) is 5.79. The van der Waals surface area contributed by atoms with Crippen molar-refractivity contribution in [1.29, 1.82) is 0 Å². The van der Waals surface area contributed by atoms with Gasteiger partial charge in [0.15, 0.2) is 0 Å². The fourth-order valence-corrected chi connectivity index (χ4v) is 4.14. The molecule has 5 rings (SSSR count). The van der Waals surface area contributed by atoms with E-state index in [1.807, 2.05) is 31.2 Å². The van der Waals surface area contributed by atoms with Gasteiger partial charge in [0.1, 0.15) is 11.6 Å². The zero-order chi connectivity index (χ0) is 22.2. The molecule has 1 saturated heterocycles. The predicted octanol–water partition coefficient (Wildman–Crippen LogP) is 4.34. The first-order valence-electron chi connectivity index (χ1n) is 10.4. The molecule has 2 aromatic carbocycles. The Bertz CT molecular complexity index is 1290. The zero-order valence-corrected chi connectivity index (χ0v) is 17.6. The number of fused-ring (bicyclic) bond motifs is 1. The maximum Gasteiger partial charge on any atom is 0.407 e. The van der Waals surface area contributed by atoms with Gasteiger partial charge in [0, 0.05) is 49.3 Å². The minimum atomic E-state index is -0.879. The summed E-state index contributed by atoms with van der Waals surface area (Å²) in [7, 11) is 0. The molecule has 3 heterocycles. The summed E-state index contributed by atoms with van der Waals surface area (Å²) in [6, 6.07) is 16.3. The highest BCUT2D eigenvalue weighted by atomic mass is 19.1. The Morgan fingerprint density at radius 1 is 0.969 bits per heavy atom. The fourth-order valence-electron chi connectivity index (χ4n) is 4.14. The van der Waals surface area contributed by atoms with Crippen LogP contribution in [0.4, 0.5) is 14.9 Å². The van der Waals surface area contributed by atoms with Gasteiger partial charge in [-0.05, 0) is 61.5 Å². The molecule has 1 amide bonds. The lowest BCUT2D eigenvalue weighted by Gasteiger charge is -2.34. The summed E-state index contributed by atoms with van der Waals surface area (Å²) in [5.74, 6) is 0.428. The number of halogens is 1. The zero-order valence-electron chi connectivity index (χ0n) is 17.6. The van der Waals surface area contributed by atoms with E-state index in [4.69, 9.17) is 4.98 Å². The normalized spacial score (nSPS) is 14.2. The molecule has 1 aliphatic rings. The van der Waals surface area contributed by atoms with E-state index in [1.165, 1.54) is 17.0 Å². The Hall–Kier alpha value is -3.94. The van der Waals surface area contributed by atoms with Gasteiger partial charge in [-0.15, -0.1) is 0 Å². The molecule has 7 nitrogen and oxygen atoms in total. The number of amides is 1. The standard InChI is InChI=1S/C24H22FN5O2/c1-16-14-20(8-9-26-16)30-22-15-19(28-10-12-29(13-11-28)24(31)32)6-7-21(22)27-23(30)17-2-4-18(25)5-3-17/h2-9,14-15H,10-13H2,1H3,(H,31,32). The van der Waals surface area contributed by atoms with Gasteiger partial charge < -0.3 is 14.9 Å². The molecule has 0 spiro atoms. The molecule has 1 fully saturated rings. The molecular weight excluding hydrogens is 409 g/mol. The molecule has 162 valence electrons. The highest BCUT2D eigenvalue weighted by Gasteiger charge is 2.22. The van der Waals surface area contributed by atoms with Crippen LogP contribution in [0.25, 0.3) is 28.1 Å². The summed E-state index contributed by atoms with van der Waals surface area (Å²) >= 11 is 0. The summed E-state index contributed by atoms with van der Waals surface area (Å²) in [6.45, 7) is 4.14. The highest BCUT2D eigenvalue weighted by molar-refractivity contribution is 5.86. The van der Waals surface area contributed by atoms with Crippen molar-refractivity contribution in [2.75, 3.05) is 31.1 Å². The summed E-state index contributed by atoms with van der Waals surface area (Å²) in [4.78, 5) is 24.0. The van der Waals surface area contributed by atoms with Crippen molar-refractivity contribution in [2.45, 2.75) is 6.92 Å². The average Bonchev–Trinajstić information content (AvgIpc) is 3.18. The second-order valence-corrected chi connectivity index (χ2v) is 7.86. The van der Waals surface area contributed by atoms with Crippen LogP contribution >= 0.6 is 0 Å². The second-order valence-electron chi connectivity index (χ2n) is 7.86. The number of benzene rings is 2. The molecule has 0 saturated carbocycles. The lowest BCUT2D eigenvalue weighted by molar-refractivity contribution is 0.142. The lowest BCUT2D eigenvalue weighted by atomic mass is 10.2. The van der Waals surface area contributed by atoms with E-state index in [2.05, 4.69) is 20.5 Å². The van der Waals surface area contributed by atoms with Gasteiger partial charge in [-0.25, -0.2) is 14.2 Å². The van der Waals surface area contributed by atoms with Crippen molar-refractivity contribution in [2.24, 2.45) is 0 Å². The van der Waals surface area contributed by atoms with E-state index in [1.54, 1.807) is 18.3 Å². The van der Waals surface area contributed by atoms with E-state index in [0.717, 1.165) is 39.5 Å². The lowest BCUT2D eigenvalue weighted by Crippen LogP contribution is -2.48. The first-order valence-corrected chi connectivity index (χ1v) is 10.4. The van der Waals surface area contributed by atoms with Crippen molar-refractivity contribution in [3.8, 4) is 17.1 Å². The molecule has 0 bridgehead atoms. The van der Waals surface area contributed by atoms with Crippen LogP contribution in [0.15, 0.2) is 60.8 Å². The average molecular weight is 431 g/mol. The molecule has 4 aromatic rings. The van der Waals surface area contributed by atoms with Crippen molar-refractivity contribution >= 4 is 22.8 Å². The number of anilines is 1. The van der Waals surface area contributed by atoms with Crippen LogP contribution in [0.1, 0.15) is 5.69 Å². The van der Waals surface area contributed by atoms with E-state index >= 15 is 0 Å². The van der Waals surface area contributed by atoms with Crippen molar-refractivity contribution in [1.82, 2.24) is 19.4 Å². The Morgan fingerprint density at radius 3 is 2.41 bits per heavy atom. The maximum atomic E-state index is 13.5. The molecule has 8 heteroatoms. The smallest absolute Gasteiger partial charge is 0.407 e. The predicted molar refractivity (Wildman–Crippen MR) is 121 cm³/mol. The summed E-state index contributed by atoms with van der Waals surface area (Å²) in [6.07, 6.45) is 0.884.